The molecule has 0 spiro atoms. The molecular weight excluding hydrogens is 358 g/mol. The molecular formula is C17H17N3O5S. The predicted molar refractivity (Wildman–Crippen MR) is 95.7 cm³/mol. The summed E-state index contributed by atoms with van der Waals surface area (Å²) in [5, 5.41) is 11.0. The average Bonchev–Trinajstić information content (AvgIpc) is 2.60. The zero-order chi connectivity index (χ0) is 19.2. The van der Waals surface area contributed by atoms with Crippen molar-refractivity contribution in [3.63, 3.8) is 0 Å². The topological polar surface area (TPSA) is 118 Å². The first-order valence-electron chi connectivity index (χ1n) is 7.44. The maximum atomic E-state index is 12.6. The molecule has 8 nitrogen and oxygen atoms in total. The molecule has 2 aromatic rings. The molecule has 26 heavy (non-hydrogen) atoms. The third-order valence-electron chi connectivity index (χ3n) is 3.20. The predicted octanol–water partition coefficient (Wildman–Crippen LogP) is 2.36. The molecule has 0 saturated carbocycles. The van der Waals surface area contributed by atoms with Crippen molar-refractivity contribution in [2.75, 3.05) is 23.8 Å². The number of methoxy groups -OCH3 is 1. The van der Waals surface area contributed by atoms with Crippen LogP contribution in [0.15, 0.2) is 47.4 Å². The normalized spacial score (nSPS) is 10.5. The van der Waals surface area contributed by atoms with E-state index in [9.17, 15) is 13.2 Å². The first kappa shape index (κ1) is 19.1. The molecule has 0 bridgehead atoms. The first-order chi connectivity index (χ1) is 12.4. The first-order valence-corrected chi connectivity index (χ1v) is 8.92. The van der Waals surface area contributed by atoms with Crippen molar-refractivity contribution < 1.29 is 22.7 Å². The second kappa shape index (κ2) is 8.22. The fourth-order valence-electron chi connectivity index (χ4n) is 2.09. The summed E-state index contributed by atoms with van der Waals surface area (Å²) >= 11 is 0. The Morgan fingerprint density at radius 2 is 1.88 bits per heavy atom. The number of carbonyl (C=O) groups is 1. The van der Waals surface area contributed by atoms with Crippen LogP contribution in [-0.4, -0.2) is 28.0 Å². The molecule has 2 N–H and O–H groups in total. The molecule has 0 aliphatic carbocycles. The van der Waals surface area contributed by atoms with Gasteiger partial charge in [0.2, 0.25) is 5.91 Å². The van der Waals surface area contributed by atoms with E-state index in [2.05, 4.69) is 10.0 Å². The number of carbonyl (C=O) groups excluding carboxylic acids is 1. The Labute approximate surface area is 151 Å². The van der Waals surface area contributed by atoms with E-state index in [1.807, 2.05) is 6.07 Å². The Bertz CT molecular complexity index is 934. The summed E-state index contributed by atoms with van der Waals surface area (Å²) < 4.78 is 37.8. The van der Waals surface area contributed by atoms with Crippen LogP contribution in [-0.2, 0) is 14.8 Å². The summed E-state index contributed by atoms with van der Waals surface area (Å²) in [6, 6.07) is 12.1. The maximum absolute atomic E-state index is 12.6. The quantitative estimate of drug-likeness (QED) is 0.767. The van der Waals surface area contributed by atoms with Crippen LogP contribution in [0.2, 0.25) is 0 Å². The van der Waals surface area contributed by atoms with Crippen LogP contribution in [0, 0.1) is 11.3 Å². The number of rotatable bonds is 7. The molecule has 2 aromatic carbocycles. The molecule has 0 heterocycles. The van der Waals surface area contributed by atoms with E-state index in [1.54, 1.807) is 12.1 Å². The molecule has 0 radical (unpaired) electrons. The van der Waals surface area contributed by atoms with Gasteiger partial charge in [-0.15, -0.1) is 0 Å². The van der Waals surface area contributed by atoms with Crippen molar-refractivity contribution >= 4 is 27.3 Å². The number of hydrogen-bond acceptors (Lipinski definition) is 6. The molecule has 136 valence electrons. The highest BCUT2D eigenvalue weighted by molar-refractivity contribution is 7.92. The largest absolute Gasteiger partial charge is 0.495 e. The minimum Gasteiger partial charge on any atom is -0.495 e. The van der Waals surface area contributed by atoms with Gasteiger partial charge in [0.1, 0.15) is 17.6 Å². The average molecular weight is 375 g/mol. The van der Waals surface area contributed by atoms with Crippen LogP contribution < -0.4 is 19.5 Å². The number of anilines is 2. The highest BCUT2D eigenvalue weighted by atomic mass is 32.2. The van der Waals surface area contributed by atoms with Crippen molar-refractivity contribution in [2.24, 2.45) is 0 Å². The summed E-state index contributed by atoms with van der Waals surface area (Å²) in [4.78, 5) is 11.2. The highest BCUT2D eigenvalue weighted by Crippen LogP contribution is 2.28. The van der Waals surface area contributed by atoms with Gasteiger partial charge in [-0.3, -0.25) is 9.52 Å². The van der Waals surface area contributed by atoms with Crippen LogP contribution in [0.25, 0.3) is 0 Å². The van der Waals surface area contributed by atoms with Crippen LogP contribution in [0.5, 0.6) is 11.5 Å². The van der Waals surface area contributed by atoms with Crippen LogP contribution in [0.1, 0.15) is 6.92 Å². The highest BCUT2D eigenvalue weighted by Gasteiger charge is 2.17. The number of ether oxygens (including phenoxy) is 2. The van der Waals surface area contributed by atoms with Gasteiger partial charge in [-0.05, 0) is 42.5 Å². The summed E-state index contributed by atoms with van der Waals surface area (Å²) in [5.41, 5.74) is 0.578. The van der Waals surface area contributed by atoms with E-state index in [0.29, 0.717) is 17.2 Å². The standard InChI is InChI=1S/C17H17N3O5S/c1-12(21)19-16-11-15(7-8-17(16)24-2)26(22,23)20-13-3-5-14(6-4-13)25-10-9-18/h3-8,11,20H,10H2,1-2H3,(H,19,21). The molecule has 0 aromatic heterocycles. The summed E-state index contributed by atoms with van der Waals surface area (Å²) in [5.74, 6) is 0.448. The van der Waals surface area contributed by atoms with Gasteiger partial charge in [0.15, 0.2) is 6.61 Å². The Balaban J connectivity index is 2.24. The number of hydrogen-bond donors (Lipinski definition) is 2. The van der Waals surface area contributed by atoms with Crippen LogP contribution in [0.4, 0.5) is 11.4 Å². The lowest BCUT2D eigenvalue weighted by Crippen LogP contribution is -2.14. The monoisotopic (exact) mass is 375 g/mol. The van der Waals surface area contributed by atoms with Crippen LogP contribution in [0.3, 0.4) is 0 Å². The van der Waals surface area contributed by atoms with Gasteiger partial charge >= 0.3 is 0 Å². The van der Waals surface area contributed by atoms with E-state index in [-0.39, 0.29) is 23.1 Å². The Kier molecular flexibility index (Phi) is 6.03. The lowest BCUT2D eigenvalue weighted by atomic mass is 10.3. The van der Waals surface area contributed by atoms with Gasteiger partial charge in [0.05, 0.1) is 17.7 Å². The van der Waals surface area contributed by atoms with Crippen molar-refractivity contribution in [3.8, 4) is 17.6 Å². The van der Waals surface area contributed by atoms with Crippen molar-refractivity contribution in [1.29, 1.82) is 5.26 Å². The molecule has 0 unspecified atom stereocenters. The second-order valence-corrected chi connectivity index (χ2v) is 6.80. The number of benzene rings is 2. The van der Waals surface area contributed by atoms with E-state index in [0.717, 1.165) is 0 Å². The fraction of sp³-hybridized carbons (Fsp3) is 0.176. The third-order valence-corrected chi connectivity index (χ3v) is 4.58. The molecule has 0 aliphatic rings. The Morgan fingerprint density at radius 3 is 2.46 bits per heavy atom. The van der Waals surface area contributed by atoms with E-state index in [4.69, 9.17) is 14.7 Å². The van der Waals surface area contributed by atoms with Gasteiger partial charge in [-0.1, -0.05) is 0 Å². The fourth-order valence-corrected chi connectivity index (χ4v) is 3.17. The number of amides is 1. The number of nitrogens with one attached hydrogen (secondary N) is 2. The zero-order valence-electron chi connectivity index (χ0n) is 14.1. The van der Waals surface area contributed by atoms with Crippen molar-refractivity contribution in [2.45, 2.75) is 11.8 Å². The maximum Gasteiger partial charge on any atom is 0.261 e. The molecule has 0 saturated heterocycles. The van der Waals surface area contributed by atoms with E-state index >= 15 is 0 Å². The SMILES string of the molecule is COc1ccc(S(=O)(=O)Nc2ccc(OCC#N)cc2)cc1NC(C)=O. The van der Waals surface area contributed by atoms with E-state index in [1.165, 1.54) is 44.4 Å². The van der Waals surface area contributed by atoms with Gasteiger partial charge < -0.3 is 14.8 Å². The lowest BCUT2D eigenvalue weighted by Gasteiger charge is -2.13. The van der Waals surface area contributed by atoms with Gasteiger partial charge in [0.25, 0.3) is 10.0 Å². The van der Waals surface area contributed by atoms with Crippen molar-refractivity contribution in [3.05, 3.63) is 42.5 Å². The molecule has 2 rings (SSSR count). The summed E-state index contributed by atoms with van der Waals surface area (Å²) in [6.45, 7) is 1.22. The molecule has 9 heteroatoms. The zero-order valence-corrected chi connectivity index (χ0v) is 15.0. The Morgan fingerprint density at radius 1 is 1.19 bits per heavy atom. The smallest absolute Gasteiger partial charge is 0.261 e. The molecule has 0 fully saturated rings. The van der Waals surface area contributed by atoms with Crippen molar-refractivity contribution in [1.82, 2.24) is 0 Å². The summed E-state index contributed by atoms with van der Waals surface area (Å²) in [6.07, 6.45) is 0. The van der Waals surface area contributed by atoms with Gasteiger partial charge in [0, 0.05) is 12.6 Å². The third kappa shape index (κ3) is 4.87. The number of nitrogens with zero attached hydrogens (tertiary/aromatic N) is 1. The minimum absolute atomic E-state index is 0.0353. The molecule has 0 aliphatic heterocycles. The van der Waals surface area contributed by atoms with Gasteiger partial charge in [-0.25, -0.2) is 8.42 Å². The van der Waals surface area contributed by atoms with Crippen LogP contribution >= 0.6 is 0 Å². The minimum atomic E-state index is -3.88. The molecule has 1 amide bonds. The number of nitriles is 1. The second-order valence-electron chi connectivity index (χ2n) is 5.12. The Hall–Kier alpha value is -3.25. The van der Waals surface area contributed by atoms with E-state index < -0.39 is 10.0 Å². The molecule has 0 atom stereocenters. The number of sulfonamides is 1. The summed E-state index contributed by atoms with van der Waals surface area (Å²) in [7, 11) is -2.46. The van der Waals surface area contributed by atoms with Gasteiger partial charge in [-0.2, -0.15) is 5.26 Å². The lowest BCUT2D eigenvalue weighted by molar-refractivity contribution is -0.114.